The number of hydrogen-bond acceptors (Lipinski definition) is 3. The summed E-state index contributed by atoms with van der Waals surface area (Å²) >= 11 is 0. The molecule has 4 amide bonds. The predicted octanol–water partition coefficient (Wildman–Crippen LogP) is 2.41. The average Bonchev–Trinajstić information content (AvgIpc) is 2.85. The van der Waals surface area contributed by atoms with E-state index < -0.39 is 17.8 Å². The summed E-state index contributed by atoms with van der Waals surface area (Å²) in [6.45, 7) is 6.00. The molecule has 0 unspecified atom stereocenters. The Morgan fingerprint density at radius 3 is 2.16 bits per heavy atom. The van der Waals surface area contributed by atoms with Gasteiger partial charge in [0.2, 0.25) is 0 Å². The van der Waals surface area contributed by atoms with E-state index in [-0.39, 0.29) is 5.57 Å². The molecule has 2 heterocycles. The molecule has 0 aliphatic carbocycles. The maximum absolute atomic E-state index is 11.9. The number of nitrogens with zero attached hydrogens (tertiary/aromatic N) is 1. The summed E-state index contributed by atoms with van der Waals surface area (Å²) in [5, 5.41) is 4.16. The van der Waals surface area contributed by atoms with Crippen molar-refractivity contribution < 1.29 is 14.4 Å². The molecule has 0 saturated carbocycles. The molecule has 1 aromatic carbocycles. The van der Waals surface area contributed by atoms with Crippen molar-refractivity contribution in [1.82, 2.24) is 15.2 Å². The molecule has 1 aromatic heterocycles. The Labute approximate surface area is 145 Å². The number of benzene rings is 1. The van der Waals surface area contributed by atoms with Crippen LogP contribution in [0.1, 0.15) is 29.4 Å². The van der Waals surface area contributed by atoms with Gasteiger partial charge >= 0.3 is 6.03 Å². The van der Waals surface area contributed by atoms with Gasteiger partial charge in [0.15, 0.2) is 0 Å². The first-order chi connectivity index (χ1) is 11.9. The number of aryl methyl sites for hydroxylation is 2. The third-order valence-corrected chi connectivity index (χ3v) is 4.32. The first-order valence-corrected chi connectivity index (χ1v) is 8.07. The number of urea groups is 1. The molecule has 1 aliphatic rings. The van der Waals surface area contributed by atoms with Gasteiger partial charge in [-0.25, -0.2) is 4.79 Å². The predicted molar refractivity (Wildman–Crippen MR) is 94.3 cm³/mol. The molecular weight excluding hydrogens is 318 g/mol. The molecule has 1 fully saturated rings. The summed E-state index contributed by atoms with van der Waals surface area (Å²) in [6.07, 6.45) is 2.49. The van der Waals surface area contributed by atoms with Crippen LogP contribution in [-0.4, -0.2) is 22.4 Å². The third-order valence-electron chi connectivity index (χ3n) is 4.32. The smallest absolute Gasteiger partial charge is 0.318 e. The molecule has 6 heteroatoms. The summed E-state index contributed by atoms with van der Waals surface area (Å²) in [7, 11) is 0. The van der Waals surface area contributed by atoms with Crippen LogP contribution in [0.2, 0.25) is 0 Å². The fraction of sp³-hybridized carbons (Fsp3) is 0.211. The van der Waals surface area contributed by atoms with Crippen LogP contribution in [0.5, 0.6) is 0 Å². The van der Waals surface area contributed by atoms with Crippen molar-refractivity contribution in [1.29, 1.82) is 0 Å². The number of barbiturate groups is 1. The van der Waals surface area contributed by atoms with Crippen LogP contribution in [0.3, 0.4) is 0 Å². The number of imide groups is 2. The second-order valence-electron chi connectivity index (χ2n) is 5.98. The van der Waals surface area contributed by atoms with E-state index in [9.17, 15) is 14.4 Å². The van der Waals surface area contributed by atoms with Crippen molar-refractivity contribution in [3.63, 3.8) is 0 Å². The molecule has 0 bridgehead atoms. The van der Waals surface area contributed by atoms with Gasteiger partial charge in [-0.15, -0.1) is 0 Å². The monoisotopic (exact) mass is 337 g/mol. The molecule has 25 heavy (non-hydrogen) atoms. The molecular formula is C19H19N3O3. The maximum Gasteiger partial charge on any atom is 0.328 e. The molecule has 0 radical (unpaired) electrons. The first kappa shape index (κ1) is 16.7. The van der Waals surface area contributed by atoms with E-state index in [0.29, 0.717) is 0 Å². The minimum Gasteiger partial charge on any atom is -0.318 e. The summed E-state index contributed by atoms with van der Waals surface area (Å²) in [6, 6.07) is 9.38. The Morgan fingerprint density at radius 2 is 1.60 bits per heavy atom. The van der Waals surface area contributed by atoms with E-state index in [0.717, 1.165) is 29.1 Å². The van der Waals surface area contributed by atoms with Gasteiger partial charge in [-0.3, -0.25) is 20.2 Å². The zero-order valence-corrected chi connectivity index (χ0v) is 14.3. The standard InChI is InChI=1S/C19H19N3O3/c1-4-13-5-7-15(8-6-13)22-11(2)9-14(12(22)3)10-16-17(23)20-19(25)21-18(16)24/h5-10H,4H2,1-3H3,(H2,20,21,23,24,25). The maximum atomic E-state index is 11.9. The fourth-order valence-corrected chi connectivity index (χ4v) is 2.97. The Bertz CT molecular complexity index is 883. The molecule has 128 valence electrons. The second kappa shape index (κ2) is 6.39. The van der Waals surface area contributed by atoms with Crippen molar-refractivity contribution in [2.24, 2.45) is 0 Å². The highest BCUT2D eigenvalue weighted by Gasteiger charge is 2.28. The zero-order valence-electron chi connectivity index (χ0n) is 14.3. The topological polar surface area (TPSA) is 80.2 Å². The van der Waals surface area contributed by atoms with Crippen LogP contribution < -0.4 is 10.6 Å². The Morgan fingerprint density at radius 1 is 1.00 bits per heavy atom. The molecule has 6 nitrogen and oxygen atoms in total. The fourth-order valence-electron chi connectivity index (χ4n) is 2.97. The average molecular weight is 337 g/mol. The van der Waals surface area contributed by atoms with Crippen LogP contribution in [-0.2, 0) is 16.0 Å². The number of nitrogens with one attached hydrogen (secondary N) is 2. The Hall–Kier alpha value is -3.15. The van der Waals surface area contributed by atoms with Crippen molar-refractivity contribution in [3.8, 4) is 5.69 Å². The minimum atomic E-state index is -0.798. The van der Waals surface area contributed by atoms with Gasteiger partial charge in [-0.05, 0) is 55.7 Å². The van der Waals surface area contributed by atoms with Crippen molar-refractivity contribution in [3.05, 3.63) is 58.4 Å². The van der Waals surface area contributed by atoms with Crippen LogP contribution >= 0.6 is 0 Å². The summed E-state index contributed by atoms with van der Waals surface area (Å²) in [4.78, 5) is 34.9. The molecule has 1 saturated heterocycles. The highest BCUT2D eigenvalue weighted by molar-refractivity contribution is 6.31. The molecule has 0 spiro atoms. The normalized spacial score (nSPS) is 14.4. The molecule has 2 aromatic rings. The van der Waals surface area contributed by atoms with Crippen molar-refractivity contribution in [2.45, 2.75) is 27.2 Å². The van der Waals surface area contributed by atoms with E-state index in [1.54, 1.807) is 0 Å². The number of aromatic nitrogens is 1. The number of amides is 4. The lowest BCUT2D eigenvalue weighted by molar-refractivity contribution is -0.123. The number of carbonyl (C=O) groups excluding carboxylic acids is 3. The van der Waals surface area contributed by atoms with Crippen LogP contribution in [0.15, 0.2) is 35.9 Å². The zero-order chi connectivity index (χ0) is 18.1. The van der Waals surface area contributed by atoms with E-state index in [1.165, 1.54) is 11.6 Å². The Kier molecular flexibility index (Phi) is 4.27. The van der Waals surface area contributed by atoms with Crippen LogP contribution in [0.25, 0.3) is 11.8 Å². The van der Waals surface area contributed by atoms with Gasteiger partial charge in [-0.1, -0.05) is 19.1 Å². The number of rotatable bonds is 3. The van der Waals surface area contributed by atoms with Gasteiger partial charge in [0.25, 0.3) is 11.8 Å². The van der Waals surface area contributed by atoms with Crippen molar-refractivity contribution in [2.75, 3.05) is 0 Å². The van der Waals surface area contributed by atoms with Gasteiger partial charge in [0.1, 0.15) is 5.57 Å². The van der Waals surface area contributed by atoms with E-state index in [2.05, 4.69) is 46.4 Å². The molecule has 0 atom stereocenters. The van der Waals surface area contributed by atoms with Gasteiger partial charge in [0, 0.05) is 17.1 Å². The number of carbonyl (C=O) groups is 3. The largest absolute Gasteiger partial charge is 0.328 e. The summed E-state index contributed by atoms with van der Waals surface area (Å²) in [5.74, 6) is -1.38. The van der Waals surface area contributed by atoms with E-state index in [1.807, 2.05) is 19.9 Å². The van der Waals surface area contributed by atoms with E-state index in [4.69, 9.17) is 0 Å². The SMILES string of the molecule is CCc1ccc(-n2c(C)cc(C=C3C(=O)NC(=O)NC3=O)c2C)cc1. The Balaban J connectivity index is 2.02. The highest BCUT2D eigenvalue weighted by Crippen LogP contribution is 2.23. The third kappa shape index (κ3) is 3.10. The molecule has 2 N–H and O–H groups in total. The highest BCUT2D eigenvalue weighted by atomic mass is 16.2. The minimum absolute atomic E-state index is 0.0822. The van der Waals surface area contributed by atoms with Crippen LogP contribution in [0, 0.1) is 13.8 Å². The molecule has 3 rings (SSSR count). The second-order valence-corrected chi connectivity index (χ2v) is 5.98. The lowest BCUT2D eigenvalue weighted by atomic mass is 10.1. The lowest BCUT2D eigenvalue weighted by Gasteiger charge is -2.14. The van der Waals surface area contributed by atoms with Crippen molar-refractivity contribution >= 4 is 23.9 Å². The van der Waals surface area contributed by atoms with Gasteiger partial charge in [-0.2, -0.15) is 0 Å². The quantitative estimate of drug-likeness (QED) is 0.667. The molecule has 1 aliphatic heterocycles. The summed E-state index contributed by atoms with van der Waals surface area (Å²) < 4.78 is 2.07. The summed E-state index contributed by atoms with van der Waals surface area (Å²) in [5.41, 5.74) is 4.85. The van der Waals surface area contributed by atoms with E-state index >= 15 is 0 Å². The first-order valence-electron chi connectivity index (χ1n) is 8.07. The van der Waals surface area contributed by atoms with Gasteiger partial charge < -0.3 is 4.57 Å². The lowest BCUT2D eigenvalue weighted by Crippen LogP contribution is -2.51. The van der Waals surface area contributed by atoms with Crippen LogP contribution in [0.4, 0.5) is 4.79 Å². The van der Waals surface area contributed by atoms with Gasteiger partial charge in [0.05, 0.1) is 0 Å². The number of hydrogen-bond donors (Lipinski definition) is 2.